The van der Waals surface area contributed by atoms with Gasteiger partial charge in [-0.2, -0.15) is 0 Å². The van der Waals surface area contributed by atoms with Crippen LogP contribution in [0.15, 0.2) is 0 Å². The van der Waals surface area contributed by atoms with Gasteiger partial charge >= 0.3 is 0 Å². The monoisotopic (exact) mass is 315 g/mol. The van der Waals surface area contributed by atoms with Crippen molar-refractivity contribution < 1.29 is 4.79 Å². The maximum Gasteiger partial charge on any atom is 0.222 e. The Bertz CT molecular complexity index is 263. The summed E-state index contributed by atoms with van der Waals surface area (Å²) in [5, 5.41) is 0.947. The molecule has 0 spiro atoms. The standard InChI is InChI=1S/C15H26BrNO/c16-12-14-8-2-1-5-11-17(14)15(18)10-9-13-6-3-4-7-13/h13-14H,1-12H2. The number of nitrogens with zero attached hydrogens (tertiary/aromatic N) is 1. The number of carbonyl (C=O) groups is 1. The third-order valence-electron chi connectivity index (χ3n) is 4.62. The molecule has 1 unspecified atom stereocenters. The predicted molar refractivity (Wildman–Crippen MR) is 79.0 cm³/mol. The van der Waals surface area contributed by atoms with Crippen LogP contribution in [-0.2, 0) is 4.79 Å². The first kappa shape index (κ1) is 14.4. The Labute approximate surface area is 120 Å². The van der Waals surface area contributed by atoms with E-state index in [9.17, 15) is 4.79 Å². The van der Waals surface area contributed by atoms with Crippen LogP contribution in [0.4, 0.5) is 0 Å². The molecule has 18 heavy (non-hydrogen) atoms. The molecule has 0 aromatic rings. The van der Waals surface area contributed by atoms with E-state index in [1.54, 1.807) is 0 Å². The predicted octanol–water partition coefficient (Wildman–Crippen LogP) is 4.12. The molecule has 2 fully saturated rings. The fourth-order valence-corrected chi connectivity index (χ4v) is 4.11. The van der Waals surface area contributed by atoms with Gasteiger partial charge < -0.3 is 4.90 Å². The molecule has 1 heterocycles. The third-order valence-corrected chi connectivity index (χ3v) is 5.36. The van der Waals surface area contributed by atoms with Crippen molar-refractivity contribution in [3.63, 3.8) is 0 Å². The van der Waals surface area contributed by atoms with Gasteiger partial charge in [0.05, 0.1) is 0 Å². The largest absolute Gasteiger partial charge is 0.339 e. The summed E-state index contributed by atoms with van der Waals surface area (Å²) in [4.78, 5) is 14.5. The molecule has 1 atom stereocenters. The Balaban J connectivity index is 1.80. The van der Waals surface area contributed by atoms with Gasteiger partial charge in [0.15, 0.2) is 0 Å². The average Bonchev–Trinajstić information content (AvgIpc) is 2.79. The van der Waals surface area contributed by atoms with Crippen LogP contribution in [-0.4, -0.2) is 28.7 Å². The highest BCUT2D eigenvalue weighted by Crippen LogP contribution is 2.29. The Morgan fingerprint density at radius 3 is 2.50 bits per heavy atom. The Hall–Kier alpha value is -0.0500. The molecular weight excluding hydrogens is 290 g/mol. The first-order chi connectivity index (χ1) is 8.81. The fourth-order valence-electron chi connectivity index (χ4n) is 3.44. The molecule has 1 aliphatic heterocycles. The van der Waals surface area contributed by atoms with Crippen LogP contribution in [0.5, 0.6) is 0 Å². The van der Waals surface area contributed by atoms with E-state index in [0.717, 1.165) is 30.6 Å². The topological polar surface area (TPSA) is 20.3 Å². The van der Waals surface area contributed by atoms with Gasteiger partial charge in [-0.1, -0.05) is 54.5 Å². The number of hydrogen-bond donors (Lipinski definition) is 0. The minimum Gasteiger partial charge on any atom is -0.339 e. The first-order valence-corrected chi connectivity index (χ1v) is 8.79. The molecule has 0 bridgehead atoms. The van der Waals surface area contributed by atoms with Crippen LogP contribution in [0.2, 0.25) is 0 Å². The van der Waals surface area contributed by atoms with Gasteiger partial charge in [0.25, 0.3) is 0 Å². The highest BCUT2D eigenvalue weighted by molar-refractivity contribution is 9.09. The lowest BCUT2D eigenvalue weighted by atomic mass is 10.0. The number of alkyl halides is 1. The fraction of sp³-hybridized carbons (Fsp3) is 0.933. The number of hydrogen-bond acceptors (Lipinski definition) is 1. The van der Waals surface area contributed by atoms with E-state index in [2.05, 4.69) is 20.8 Å². The number of amides is 1. The molecule has 1 aliphatic carbocycles. The number of likely N-dealkylation sites (tertiary alicyclic amines) is 1. The molecule has 104 valence electrons. The van der Waals surface area contributed by atoms with Crippen molar-refractivity contribution in [1.29, 1.82) is 0 Å². The van der Waals surface area contributed by atoms with E-state index in [-0.39, 0.29) is 0 Å². The number of rotatable bonds is 4. The Morgan fingerprint density at radius 1 is 1.06 bits per heavy atom. The summed E-state index contributed by atoms with van der Waals surface area (Å²) >= 11 is 3.58. The summed E-state index contributed by atoms with van der Waals surface area (Å²) in [7, 11) is 0. The third kappa shape index (κ3) is 3.97. The molecule has 2 rings (SSSR count). The van der Waals surface area contributed by atoms with E-state index in [0.29, 0.717) is 11.9 Å². The zero-order valence-corrected chi connectivity index (χ0v) is 13.0. The molecule has 0 N–H and O–H groups in total. The molecule has 0 aromatic carbocycles. The van der Waals surface area contributed by atoms with E-state index in [1.807, 2.05) is 0 Å². The van der Waals surface area contributed by atoms with Gasteiger partial charge in [0, 0.05) is 24.3 Å². The number of carbonyl (C=O) groups excluding carboxylic acids is 1. The lowest BCUT2D eigenvalue weighted by molar-refractivity contribution is -0.133. The number of halogens is 1. The summed E-state index contributed by atoms with van der Waals surface area (Å²) < 4.78 is 0. The van der Waals surface area contributed by atoms with Crippen molar-refractivity contribution in [2.45, 2.75) is 70.3 Å². The normalized spacial score (nSPS) is 26.3. The maximum absolute atomic E-state index is 12.4. The quantitative estimate of drug-likeness (QED) is 0.714. The molecule has 3 heteroatoms. The Kier molecular flexibility index (Phi) is 6.00. The first-order valence-electron chi connectivity index (χ1n) is 7.66. The maximum atomic E-state index is 12.4. The zero-order valence-electron chi connectivity index (χ0n) is 11.4. The van der Waals surface area contributed by atoms with Crippen molar-refractivity contribution in [2.75, 3.05) is 11.9 Å². The molecule has 0 aromatic heterocycles. The van der Waals surface area contributed by atoms with Gasteiger partial charge in [0.2, 0.25) is 5.91 Å². The van der Waals surface area contributed by atoms with Crippen molar-refractivity contribution in [3.8, 4) is 0 Å². The summed E-state index contributed by atoms with van der Waals surface area (Å²) in [6.45, 7) is 0.986. The van der Waals surface area contributed by atoms with Crippen molar-refractivity contribution in [2.24, 2.45) is 5.92 Å². The highest BCUT2D eigenvalue weighted by atomic mass is 79.9. The average molecular weight is 316 g/mol. The minimum atomic E-state index is 0.410. The smallest absolute Gasteiger partial charge is 0.222 e. The van der Waals surface area contributed by atoms with Crippen molar-refractivity contribution in [1.82, 2.24) is 4.90 Å². The summed E-state index contributed by atoms with van der Waals surface area (Å²) in [6.07, 6.45) is 12.3. The van der Waals surface area contributed by atoms with Gasteiger partial charge in [-0.25, -0.2) is 0 Å². The van der Waals surface area contributed by atoms with Crippen LogP contribution >= 0.6 is 15.9 Å². The molecule has 0 radical (unpaired) electrons. The molecule has 2 nitrogen and oxygen atoms in total. The van der Waals surface area contributed by atoms with Gasteiger partial charge in [-0.15, -0.1) is 0 Å². The van der Waals surface area contributed by atoms with Crippen molar-refractivity contribution in [3.05, 3.63) is 0 Å². The second-order valence-corrected chi connectivity index (χ2v) is 6.58. The van der Waals surface area contributed by atoms with Crippen LogP contribution in [0, 0.1) is 5.92 Å². The molecular formula is C15H26BrNO. The lowest BCUT2D eigenvalue weighted by Gasteiger charge is -2.29. The molecule has 2 aliphatic rings. The van der Waals surface area contributed by atoms with Crippen molar-refractivity contribution >= 4 is 21.8 Å². The summed E-state index contributed by atoms with van der Waals surface area (Å²) in [5.41, 5.74) is 0. The van der Waals surface area contributed by atoms with E-state index in [4.69, 9.17) is 0 Å². The second kappa shape index (κ2) is 7.52. The summed E-state index contributed by atoms with van der Waals surface area (Å²) in [5.74, 6) is 1.25. The minimum absolute atomic E-state index is 0.410. The lowest BCUT2D eigenvalue weighted by Crippen LogP contribution is -2.41. The summed E-state index contributed by atoms with van der Waals surface area (Å²) in [6, 6.07) is 0.448. The van der Waals surface area contributed by atoms with E-state index < -0.39 is 0 Å². The Morgan fingerprint density at radius 2 is 1.78 bits per heavy atom. The van der Waals surface area contributed by atoms with Crippen LogP contribution < -0.4 is 0 Å². The molecule has 1 saturated carbocycles. The van der Waals surface area contributed by atoms with Crippen LogP contribution in [0.3, 0.4) is 0 Å². The van der Waals surface area contributed by atoms with Gasteiger partial charge in [-0.3, -0.25) is 4.79 Å². The van der Waals surface area contributed by atoms with Crippen LogP contribution in [0.1, 0.15) is 64.2 Å². The highest BCUT2D eigenvalue weighted by Gasteiger charge is 2.25. The van der Waals surface area contributed by atoms with E-state index in [1.165, 1.54) is 51.4 Å². The molecule has 1 saturated heterocycles. The zero-order chi connectivity index (χ0) is 12.8. The molecule has 1 amide bonds. The second-order valence-electron chi connectivity index (χ2n) is 5.93. The van der Waals surface area contributed by atoms with Crippen LogP contribution in [0.25, 0.3) is 0 Å². The van der Waals surface area contributed by atoms with Gasteiger partial charge in [-0.05, 0) is 25.2 Å². The SMILES string of the molecule is O=C(CCC1CCCC1)N1CCCCCC1CBr. The van der Waals surface area contributed by atoms with E-state index >= 15 is 0 Å². The van der Waals surface area contributed by atoms with Gasteiger partial charge in [0.1, 0.15) is 0 Å².